The van der Waals surface area contributed by atoms with Crippen LogP contribution in [0.5, 0.6) is 0 Å². The summed E-state index contributed by atoms with van der Waals surface area (Å²) in [6.07, 6.45) is 5.01. The van der Waals surface area contributed by atoms with Gasteiger partial charge in [0.1, 0.15) is 5.82 Å². The smallest absolute Gasteiger partial charge is 0.356 e. The molecule has 0 radical (unpaired) electrons. The van der Waals surface area contributed by atoms with Gasteiger partial charge in [0.2, 0.25) is 0 Å². The average molecular weight is 264 g/mol. The van der Waals surface area contributed by atoms with Gasteiger partial charge in [-0.2, -0.15) is 0 Å². The first kappa shape index (κ1) is 13.7. The Morgan fingerprint density at radius 3 is 2.79 bits per heavy atom. The van der Waals surface area contributed by atoms with Gasteiger partial charge in [0.05, 0.1) is 12.4 Å². The molecule has 1 aromatic heterocycles. The lowest BCUT2D eigenvalue weighted by Gasteiger charge is -2.30. The van der Waals surface area contributed by atoms with Gasteiger partial charge >= 0.3 is 5.97 Å². The third kappa shape index (κ3) is 3.20. The standard InChI is InChI=1S/C13H20N4O2/c1-3-10-9-16(2)5-4-6-17(10)12-8-14-11(7-15-12)13(18)19/h7-8,10H,3-6,9H2,1-2H3,(H,18,19). The van der Waals surface area contributed by atoms with E-state index in [0.717, 1.165) is 38.3 Å². The summed E-state index contributed by atoms with van der Waals surface area (Å²) in [6.45, 7) is 5.17. The van der Waals surface area contributed by atoms with Gasteiger partial charge < -0.3 is 14.9 Å². The van der Waals surface area contributed by atoms with Crippen LogP contribution in [0.1, 0.15) is 30.3 Å². The average Bonchev–Trinajstić information content (AvgIpc) is 2.60. The second-order valence-corrected chi connectivity index (χ2v) is 4.94. The van der Waals surface area contributed by atoms with Crippen molar-refractivity contribution < 1.29 is 9.90 Å². The number of hydrogen-bond donors (Lipinski definition) is 1. The number of carboxylic acid groups (broad SMARTS) is 1. The van der Waals surface area contributed by atoms with E-state index in [2.05, 4.69) is 33.7 Å². The molecule has 1 unspecified atom stereocenters. The summed E-state index contributed by atoms with van der Waals surface area (Å²) in [4.78, 5) is 23.6. The number of nitrogens with zero attached hydrogens (tertiary/aromatic N) is 4. The Labute approximate surface area is 113 Å². The SMILES string of the molecule is CCC1CN(C)CCCN1c1cnc(C(=O)O)cn1. The Hall–Kier alpha value is -1.69. The predicted molar refractivity (Wildman–Crippen MR) is 72.5 cm³/mol. The van der Waals surface area contributed by atoms with Crippen LogP contribution in [0.3, 0.4) is 0 Å². The summed E-state index contributed by atoms with van der Waals surface area (Å²) < 4.78 is 0. The first-order valence-electron chi connectivity index (χ1n) is 6.62. The number of hydrogen-bond acceptors (Lipinski definition) is 5. The lowest BCUT2D eigenvalue weighted by molar-refractivity contribution is 0.0690. The van der Waals surface area contributed by atoms with Crippen molar-refractivity contribution in [1.82, 2.24) is 14.9 Å². The molecule has 1 aliphatic rings. The molecule has 1 N–H and O–H groups in total. The molecule has 0 saturated carbocycles. The van der Waals surface area contributed by atoms with Gasteiger partial charge in [0, 0.05) is 19.1 Å². The fraction of sp³-hybridized carbons (Fsp3) is 0.615. The zero-order valence-corrected chi connectivity index (χ0v) is 11.4. The Morgan fingerprint density at radius 1 is 1.42 bits per heavy atom. The Balaban J connectivity index is 2.20. The van der Waals surface area contributed by atoms with Crippen LogP contribution in [0.4, 0.5) is 5.82 Å². The maximum absolute atomic E-state index is 10.8. The zero-order valence-electron chi connectivity index (χ0n) is 11.4. The number of aromatic nitrogens is 2. The van der Waals surface area contributed by atoms with Crippen molar-refractivity contribution in [3.8, 4) is 0 Å². The van der Waals surface area contributed by atoms with E-state index in [1.54, 1.807) is 6.20 Å². The second kappa shape index (κ2) is 5.97. The normalized spacial score (nSPS) is 21.2. The van der Waals surface area contributed by atoms with Gasteiger partial charge in [-0.05, 0) is 26.4 Å². The second-order valence-electron chi connectivity index (χ2n) is 4.94. The van der Waals surface area contributed by atoms with E-state index < -0.39 is 5.97 Å². The van der Waals surface area contributed by atoms with Gasteiger partial charge in [0.25, 0.3) is 0 Å². The molecule has 6 nitrogen and oxygen atoms in total. The van der Waals surface area contributed by atoms with Crippen LogP contribution in [-0.2, 0) is 0 Å². The molecule has 0 spiro atoms. The van der Waals surface area contributed by atoms with Crippen molar-refractivity contribution in [3.05, 3.63) is 18.1 Å². The first-order valence-corrected chi connectivity index (χ1v) is 6.62. The van der Waals surface area contributed by atoms with Gasteiger partial charge in [-0.1, -0.05) is 6.92 Å². The molecule has 6 heteroatoms. The van der Waals surface area contributed by atoms with E-state index in [1.807, 2.05) is 0 Å². The molecule has 2 heterocycles. The molecule has 0 aliphatic carbocycles. The zero-order chi connectivity index (χ0) is 13.8. The van der Waals surface area contributed by atoms with Crippen LogP contribution in [0.15, 0.2) is 12.4 Å². The molecule has 1 saturated heterocycles. The largest absolute Gasteiger partial charge is 0.476 e. The number of aromatic carboxylic acids is 1. The van der Waals surface area contributed by atoms with Gasteiger partial charge in [-0.15, -0.1) is 0 Å². The molecule has 0 bridgehead atoms. The van der Waals surface area contributed by atoms with Crippen molar-refractivity contribution in [1.29, 1.82) is 0 Å². The van der Waals surface area contributed by atoms with Crippen molar-refractivity contribution in [2.75, 3.05) is 31.6 Å². The summed E-state index contributed by atoms with van der Waals surface area (Å²) in [5, 5.41) is 8.84. The number of carboxylic acids is 1. The number of likely N-dealkylation sites (N-methyl/N-ethyl adjacent to an activating group) is 1. The summed E-state index contributed by atoms with van der Waals surface area (Å²) in [6, 6.07) is 0.400. The quantitative estimate of drug-likeness (QED) is 0.881. The molecule has 1 aliphatic heterocycles. The molecular formula is C13H20N4O2. The van der Waals surface area contributed by atoms with E-state index in [9.17, 15) is 4.79 Å². The van der Waals surface area contributed by atoms with E-state index in [-0.39, 0.29) is 5.69 Å². The Morgan fingerprint density at radius 2 is 2.21 bits per heavy atom. The van der Waals surface area contributed by atoms with E-state index in [0.29, 0.717) is 6.04 Å². The first-order chi connectivity index (χ1) is 9.11. The highest BCUT2D eigenvalue weighted by molar-refractivity contribution is 5.84. The fourth-order valence-corrected chi connectivity index (χ4v) is 2.47. The molecule has 0 amide bonds. The third-order valence-corrected chi connectivity index (χ3v) is 3.52. The molecule has 1 atom stereocenters. The minimum absolute atomic E-state index is 0.0104. The summed E-state index contributed by atoms with van der Waals surface area (Å²) in [5.41, 5.74) is -0.0104. The third-order valence-electron chi connectivity index (χ3n) is 3.52. The molecular weight excluding hydrogens is 244 g/mol. The number of carbonyl (C=O) groups is 1. The highest BCUT2D eigenvalue weighted by atomic mass is 16.4. The summed E-state index contributed by atoms with van der Waals surface area (Å²) in [5.74, 6) is -0.270. The molecule has 0 aromatic carbocycles. The molecule has 104 valence electrons. The highest BCUT2D eigenvalue weighted by Gasteiger charge is 2.23. The van der Waals surface area contributed by atoms with Crippen LogP contribution < -0.4 is 4.90 Å². The highest BCUT2D eigenvalue weighted by Crippen LogP contribution is 2.19. The van der Waals surface area contributed by atoms with Crippen LogP contribution in [-0.4, -0.2) is 58.7 Å². The number of rotatable bonds is 3. The summed E-state index contributed by atoms with van der Waals surface area (Å²) in [7, 11) is 2.13. The van der Waals surface area contributed by atoms with Crippen LogP contribution >= 0.6 is 0 Å². The topological polar surface area (TPSA) is 69.6 Å². The van der Waals surface area contributed by atoms with Crippen molar-refractivity contribution in [2.45, 2.75) is 25.8 Å². The molecule has 1 aromatic rings. The van der Waals surface area contributed by atoms with Crippen LogP contribution in [0.2, 0.25) is 0 Å². The van der Waals surface area contributed by atoms with E-state index >= 15 is 0 Å². The number of anilines is 1. The Bertz CT molecular complexity index is 435. The van der Waals surface area contributed by atoms with Crippen LogP contribution in [0.25, 0.3) is 0 Å². The van der Waals surface area contributed by atoms with E-state index in [4.69, 9.17) is 5.11 Å². The van der Waals surface area contributed by atoms with Crippen molar-refractivity contribution in [3.63, 3.8) is 0 Å². The molecule has 2 rings (SSSR count). The van der Waals surface area contributed by atoms with Gasteiger partial charge in [-0.25, -0.2) is 14.8 Å². The minimum Gasteiger partial charge on any atom is -0.476 e. The lowest BCUT2D eigenvalue weighted by atomic mass is 10.2. The van der Waals surface area contributed by atoms with Crippen molar-refractivity contribution >= 4 is 11.8 Å². The van der Waals surface area contributed by atoms with Crippen LogP contribution in [0, 0.1) is 0 Å². The predicted octanol–water partition coefficient (Wildman–Crippen LogP) is 1.10. The Kier molecular flexibility index (Phi) is 4.31. The van der Waals surface area contributed by atoms with Gasteiger partial charge in [-0.3, -0.25) is 0 Å². The maximum Gasteiger partial charge on any atom is 0.356 e. The maximum atomic E-state index is 10.8. The minimum atomic E-state index is -1.04. The molecule has 1 fully saturated rings. The summed E-state index contributed by atoms with van der Waals surface area (Å²) >= 11 is 0. The monoisotopic (exact) mass is 264 g/mol. The van der Waals surface area contributed by atoms with Crippen molar-refractivity contribution in [2.24, 2.45) is 0 Å². The molecule has 19 heavy (non-hydrogen) atoms. The van der Waals surface area contributed by atoms with E-state index in [1.165, 1.54) is 6.20 Å². The lowest BCUT2D eigenvalue weighted by Crippen LogP contribution is -2.40. The fourth-order valence-electron chi connectivity index (χ4n) is 2.47. The van der Waals surface area contributed by atoms with Gasteiger partial charge in [0.15, 0.2) is 5.69 Å².